The fourth-order valence-corrected chi connectivity index (χ4v) is 2.89. The molecule has 0 bridgehead atoms. The van der Waals surface area contributed by atoms with Gasteiger partial charge in [-0.1, -0.05) is 6.07 Å². The first-order valence-electron chi connectivity index (χ1n) is 9.51. The molecule has 7 nitrogen and oxygen atoms in total. The maximum Gasteiger partial charge on any atom is 0.422 e. The first-order valence-corrected chi connectivity index (χ1v) is 9.51. The quantitative estimate of drug-likeness (QED) is 0.729. The summed E-state index contributed by atoms with van der Waals surface area (Å²) in [5.41, 5.74) is -0.464. The lowest BCUT2D eigenvalue weighted by molar-refractivity contribution is -0.153. The van der Waals surface area contributed by atoms with Crippen LogP contribution in [0.3, 0.4) is 0 Å². The van der Waals surface area contributed by atoms with Crippen molar-refractivity contribution in [2.24, 2.45) is 0 Å². The molecule has 1 amide bonds. The minimum atomic E-state index is -4.55. The first kappa shape index (κ1) is 23.6. The summed E-state index contributed by atoms with van der Waals surface area (Å²) >= 11 is 0. The van der Waals surface area contributed by atoms with Crippen molar-refractivity contribution in [3.8, 4) is 11.5 Å². The van der Waals surface area contributed by atoms with E-state index >= 15 is 0 Å². The molecule has 2 rings (SSSR count). The number of ether oxygens (including phenoxy) is 3. The molecular weight excluding hydrogens is 407 g/mol. The number of piperidine rings is 1. The van der Waals surface area contributed by atoms with Crippen molar-refractivity contribution < 1.29 is 42.1 Å². The molecule has 0 spiro atoms. The molecule has 0 atom stereocenters. The summed E-state index contributed by atoms with van der Waals surface area (Å²) in [5, 5.41) is 8.94. The highest BCUT2D eigenvalue weighted by atomic mass is 19.4. The number of benzene rings is 1. The Hall–Kier alpha value is -2.65. The molecule has 1 fully saturated rings. The van der Waals surface area contributed by atoms with Gasteiger partial charge in [0.2, 0.25) is 0 Å². The summed E-state index contributed by atoms with van der Waals surface area (Å²) in [6.45, 7) is 4.67. The van der Waals surface area contributed by atoms with E-state index in [-0.39, 0.29) is 23.2 Å². The second-order valence-electron chi connectivity index (χ2n) is 8.03. The Balaban J connectivity index is 1.99. The molecule has 0 saturated carbocycles. The van der Waals surface area contributed by atoms with E-state index in [4.69, 9.17) is 19.3 Å². The van der Waals surface area contributed by atoms with Crippen molar-refractivity contribution in [2.75, 3.05) is 19.7 Å². The molecule has 0 unspecified atom stereocenters. The van der Waals surface area contributed by atoms with Gasteiger partial charge < -0.3 is 24.2 Å². The fraction of sp³-hybridized carbons (Fsp3) is 0.600. The van der Waals surface area contributed by atoms with Gasteiger partial charge in [0, 0.05) is 37.6 Å². The number of aliphatic carboxylic acids is 1. The van der Waals surface area contributed by atoms with Crippen LogP contribution >= 0.6 is 0 Å². The van der Waals surface area contributed by atoms with Crippen LogP contribution in [0.5, 0.6) is 11.5 Å². The molecule has 1 saturated heterocycles. The summed E-state index contributed by atoms with van der Waals surface area (Å²) in [4.78, 5) is 24.6. The van der Waals surface area contributed by atoms with Crippen LogP contribution in [0.2, 0.25) is 0 Å². The lowest BCUT2D eigenvalue weighted by Crippen LogP contribution is -2.44. The predicted molar refractivity (Wildman–Crippen MR) is 101 cm³/mol. The minimum Gasteiger partial charge on any atom is -0.490 e. The number of carboxylic acids is 1. The van der Waals surface area contributed by atoms with E-state index in [0.717, 1.165) is 0 Å². The van der Waals surface area contributed by atoms with Gasteiger partial charge in [-0.05, 0) is 26.8 Å². The van der Waals surface area contributed by atoms with E-state index in [1.54, 1.807) is 25.7 Å². The molecule has 30 heavy (non-hydrogen) atoms. The Morgan fingerprint density at radius 1 is 1.17 bits per heavy atom. The van der Waals surface area contributed by atoms with Crippen LogP contribution in [0, 0.1) is 0 Å². The van der Waals surface area contributed by atoms with Gasteiger partial charge in [-0.15, -0.1) is 0 Å². The summed E-state index contributed by atoms with van der Waals surface area (Å²) in [5.74, 6) is -1.09. The lowest BCUT2D eigenvalue weighted by atomic mass is 10.1. The van der Waals surface area contributed by atoms with Gasteiger partial charge in [-0.2, -0.15) is 13.2 Å². The minimum absolute atomic E-state index is 0.124. The summed E-state index contributed by atoms with van der Waals surface area (Å²) in [6.07, 6.45) is -4.62. The van der Waals surface area contributed by atoms with Crippen LogP contribution in [0.15, 0.2) is 18.2 Å². The Morgan fingerprint density at radius 2 is 1.80 bits per heavy atom. The molecule has 0 radical (unpaired) electrons. The average molecular weight is 433 g/mol. The monoisotopic (exact) mass is 433 g/mol. The van der Waals surface area contributed by atoms with E-state index in [1.807, 2.05) is 0 Å². The van der Waals surface area contributed by atoms with Gasteiger partial charge in [0.05, 0.1) is 6.42 Å². The van der Waals surface area contributed by atoms with E-state index < -0.39 is 36.9 Å². The second-order valence-corrected chi connectivity index (χ2v) is 8.03. The standard InChI is InChI=1S/C20H26F3NO6/c1-19(2,3)30-18(27)24-8-6-14(7-9-24)29-15-5-4-13(10-17(25)26)16(11-15)28-12-20(21,22)23/h4-5,11,14H,6-10,12H2,1-3H3,(H,25,26). The summed E-state index contributed by atoms with van der Waals surface area (Å²) < 4.78 is 53.4. The fourth-order valence-electron chi connectivity index (χ4n) is 2.89. The molecular formula is C20H26F3NO6. The Morgan fingerprint density at radius 3 is 2.33 bits per heavy atom. The smallest absolute Gasteiger partial charge is 0.422 e. The third-order valence-electron chi connectivity index (χ3n) is 4.17. The van der Waals surface area contributed by atoms with Gasteiger partial charge in [-0.3, -0.25) is 4.79 Å². The molecule has 1 N–H and O–H groups in total. The van der Waals surface area contributed by atoms with Gasteiger partial charge in [0.25, 0.3) is 0 Å². The molecule has 1 aromatic rings. The van der Waals surface area contributed by atoms with Crippen molar-refractivity contribution >= 4 is 12.1 Å². The van der Waals surface area contributed by atoms with E-state index in [2.05, 4.69) is 0 Å². The van der Waals surface area contributed by atoms with Gasteiger partial charge in [0.1, 0.15) is 23.2 Å². The van der Waals surface area contributed by atoms with Crippen molar-refractivity contribution in [1.29, 1.82) is 0 Å². The van der Waals surface area contributed by atoms with E-state index in [0.29, 0.717) is 25.9 Å². The third kappa shape index (κ3) is 8.00. The Labute approximate surface area is 172 Å². The number of carboxylic acid groups (broad SMARTS) is 1. The number of rotatable bonds is 6. The zero-order valence-corrected chi connectivity index (χ0v) is 17.1. The first-order chi connectivity index (χ1) is 13.8. The molecule has 1 aliphatic rings. The van der Waals surface area contributed by atoms with Crippen LogP contribution in [0.4, 0.5) is 18.0 Å². The second kappa shape index (κ2) is 9.44. The van der Waals surface area contributed by atoms with Crippen LogP contribution in [-0.4, -0.2) is 59.6 Å². The van der Waals surface area contributed by atoms with Gasteiger partial charge in [-0.25, -0.2) is 4.79 Å². The summed E-state index contributed by atoms with van der Waals surface area (Å²) in [7, 11) is 0. The highest BCUT2D eigenvalue weighted by molar-refractivity contribution is 5.71. The summed E-state index contributed by atoms with van der Waals surface area (Å²) in [6, 6.07) is 4.15. The highest BCUT2D eigenvalue weighted by Gasteiger charge is 2.30. The lowest BCUT2D eigenvalue weighted by Gasteiger charge is -2.33. The van der Waals surface area contributed by atoms with Gasteiger partial charge >= 0.3 is 18.2 Å². The number of hydrogen-bond acceptors (Lipinski definition) is 5. The average Bonchev–Trinajstić information content (AvgIpc) is 2.60. The Bertz CT molecular complexity index is 752. The number of nitrogens with zero attached hydrogens (tertiary/aromatic N) is 1. The highest BCUT2D eigenvalue weighted by Crippen LogP contribution is 2.29. The predicted octanol–water partition coefficient (Wildman–Crippen LogP) is 4.03. The maximum atomic E-state index is 12.5. The largest absolute Gasteiger partial charge is 0.490 e. The van der Waals surface area contributed by atoms with E-state index in [9.17, 15) is 22.8 Å². The van der Waals surface area contributed by atoms with E-state index in [1.165, 1.54) is 18.2 Å². The molecule has 10 heteroatoms. The zero-order valence-electron chi connectivity index (χ0n) is 17.1. The van der Waals surface area contributed by atoms with Crippen LogP contribution < -0.4 is 9.47 Å². The molecule has 1 heterocycles. The number of carbonyl (C=O) groups is 2. The van der Waals surface area contributed by atoms with Crippen molar-refractivity contribution in [3.05, 3.63) is 23.8 Å². The number of likely N-dealkylation sites (tertiary alicyclic amines) is 1. The molecule has 168 valence electrons. The SMILES string of the molecule is CC(C)(C)OC(=O)N1CCC(Oc2ccc(CC(=O)O)c(OCC(F)(F)F)c2)CC1. The Kier molecular flexibility index (Phi) is 7.44. The van der Waals surface area contributed by atoms with Crippen LogP contribution in [-0.2, 0) is 16.0 Å². The maximum absolute atomic E-state index is 12.5. The number of carbonyl (C=O) groups excluding carboxylic acids is 1. The van der Waals surface area contributed by atoms with Gasteiger partial charge in [0.15, 0.2) is 6.61 Å². The molecule has 1 aliphatic heterocycles. The van der Waals surface area contributed by atoms with Crippen LogP contribution in [0.25, 0.3) is 0 Å². The molecule has 0 aromatic heterocycles. The van der Waals surface area contributed by atoms with Crippen molar-refractivity contribution in [2.45, 2.75) is 57.9 Å². The topological polar surface area (TPSA) is 85.3 Å². The number of halogens is 3. The number of amides is 1. The number of alkyl halides is 3. The zero-order chi connectivity index (χ0) is 22.5. The molecule has 0 aliphatic carbocycles. The number of hydrogen-bond donors (Lipinski definition) is 1. The van der Waals surface area contributed by atoms with Crippen molar-refractivity contribution in [3.63, 3.8) is 0 Å². The van der Waals surface area contributed by atoms with Crippen molar-refractivity contribution in [1.82, 2.24) is 4.90 Å². The third-order valence-corrected chi connectivity index (χ3v) is 4.17. The molecule has 1 aromatic carbocycles. The van der Waals surface area contributed by atoms with Crippen LogP contribution in [0.1, 0.15) is 39.2 Å². The normalized spacial score (nSPS) is 15.6.